The fraction of sp³-hybridized carbons (Fsp3) is 0.598. The minimum atomic E-state index is -0.727. The van der Waals surface area contributed by atoms with Gasteiger partial charge in [-0.1, -0.05) is 167 Å². The number of carbonyl (C=O) groups is 7. The van der Waals surface area contributed by atoms with Gasteiger partial charge in [0.1, 0.15) is 5.78 Å². The second-order valence-electron chi connectivity index (χ2n) is 34.9. The zero-order valence-corrected chi connectivity index (χ0v) is 73.2. The maximum absolute atomic E-state index is 13.6. The van der Waals surface area contributed by atoms with Crippen LogP contribution in [0.4, 0.5) is 0 Å². The van der Waals surface area contributed by atoms with E-state index in [1.165, 1.54) is 27.5 Å². The molecule has 0 bridgehead atoms. The van der Waals surface area contributed by atoms with Gasteiger partial charge in [-0.25, -0.2) is 9.97 Å². The number of hydrogen-bond donors (Lipinski definition) is 3. The fourth-order valence-electron chi connectivity index (χ4n) is 12.9. The molecule has 3 aliphatic rings. The van der Waals surface area contributed by atoms with Gasteiger partial charge >= 0.3 is 0 Å². The number of aromatic nitrogens is 3. The number of ketones is 4. The quantitative estimate of drug-likeness (QED) is 0.0538. The summed E-state index contributed by atoms with van der Waals surface area (Å²) in [4.78, 5) is 112. The van der Waals surface area contributed by atoms with Gasteiger partial charge in [0, 0.05) is 126 Å². The summed E-state index contributed by atoms with van der Waals surface area (Å²) in [5.74, 6) is 0.454. The van der Waals surface area contributed by atoms with Crippen LogP contribution in [0.15, 0.2) is 83.3 Å². The summed E-state index contributed by atoms with van der Waals surface area (Å²) in [6.07, 6.45) is 2.60. The maximum atomic E-state index is 13.6. The van der Waals surface area contributed by atoms with E-state index in [0.717, 1.165) is 61.8 Å². The van der Waals surface area contributed by atoms with Gasteiger partial charge in [0.25, 0.3) is 0 Å². The first kappa shape index (κ1) is 95.8. The van der Waals surface area contributed by atoms with Crippen molar-refractivity contribution in [2.75, 3.05) is 19.6 Å². The third-order valence-corrected chi connectivity index (χ3v) is 21.9. The number of β-amino-alcohol motifs (C(OH)–C–C–N with tert-alkyl or cyclic N) is 3. The van der Waals surface area contributed by atoms with Gasteiger partial charge < -0.3 is 40.7 Å². The normalized spacial score (nSPS) is 18.7. The van der Waals surface area contributed by atoms with E-state index in [1.807, 2.05) is 97.0 Å². The molecule has 589 valence electrons. The van der Waals surface area contributed by atoms with Crippen LogP contribution >= 0.6 is 34.0 Å². The fourth-order valence-corrected chi connectivity index (χ4v) is 15.3. The Hall–Kier alpha value is -5.38. The van der Waals surface area contributed by atoms with Gasteiger partial charge in [-0.2, -0.15) is 50.6 Å². The van der Waals surface area contributed by atoms with Crippen molar-refractivity contribution in [3.8, 4) is 31.3 Å². The van der Waals surface area contributed by atoms with Crippen molar-refractivity contribution in [1.82, 2.24) is 29.7 Å². The van der Waals surface area contributed by atoms with Crippen LogP contribution in [-0.4, -0.2) is 142 Å². The zero-order valence-electron chi connectivity index (χ0n) is 67.9. The molecule has 3 amide bonds. The van der Waals surface area contributed by atoms with Crippen LogP contribution in [0.3, 0.4) is 0 Å². The number of likely N-dealkylation sites (tertiary alicyclic amines) is 3. The topological polar surface area (TPSA) is 229 Å². The molecular weight excluding hydrogens is 1470 g/mol. The number of thiazole rings is 3. The van der Waals surface area contributed by atoms with Crippen molar-refractivity contribution < 1.29 is 81.6 Å². The molecular formula is C87H128N6O10S3Y-2. The number of aliphatic hydroxyl groups excluding tert-OH is 3. The van der Waals surface area contributed by atoms with Gasteiger partial charge in [-0.05, 0) is 103 Å². The Labute approximate surface area is 679 Å². The molecule has 3 saturated heterocycles. The summed E-state index contributed by atoms with van der Waals surface area (Å²) in [5, 5.41) is 30.7. The summed E-state index contributed by atoms with van der Waals surface area (Å²) < 4.78 is 0. The molecule has 9 atom stereocenters. The average molecular weight is 1600 g/mol. The zero-order chi connectivity index (χ0) is 78.8. The molecule has 9 rings (SSSR count). The van der Waals surface area contributed by atoms with Crippen LogP contribution in [0.5, 0.6) is 0 Å². The van der Waals surface area contributed by atoms with E-state index in [1.54, 1.807) is 43.8 Å². The van der Waals surface area contributed by atoms with Gasteiger partial charge in [-0.15, -0.1) is 39.6 Å². The van der Waals surface area contributed by atoms with Crippen molar-refractivity contribution in [3.05, 3.63) is 129 Å². The van der Waals surface area contributed by atoms with Crippen molar-refractivity contribution in [1.29, 1.82) is 0 Å². The number of hydrogen-bond acceptors (Lipinski definition) is 16. The molecule has 6 heterocycles. The van der Waals surface area contributed by atoms with Gasteiger partial charge in [-0.3, -0.25) is 33.8 Å². The van der Waals surface area contributed by atoms with Crippen LogP contribution < -0.4 is 0 Å². The Balaban J connectivity index is 0.000000390. The number of nitrogens with zero attached hydrogens (tertiary/aromatic N) is 6. The van der Waals surface area contributed by atoms with E-state index in [4.69, 9.17) is 0 Å². The first-order valence-corrected chi connectivity index (χ1v) is 40.1. The number of Topliss-reactive ketones (excluding diaryl/α,β-unsaturated/α-hetero) is 4. The molecule has 0 aliphatic carbocycles. The number of rotatable bonds is 22. The Morgan fingerprint density at radius 1 is 0.514 bits per heavy atom. The SMILES string of the molecule is C.CC(=O)CC(C(=O)N1C[C@H](O)C[C@H]1C(=O)CCc1[c-]cc(-c2scnc2C)cc1)C(C)(C)C.CC(C)(C)C.C[C-](C)C.Cc1ncsc1-c1ccc(CCC(=O)[C@@H]2C[C@@H](O)CN2C(=O)C(C)C(C)C)cc1.Cc1ncsc1-c1ccc(CCC(=O)[C@@H]2C[C@@H](O)CN2C(=O)C(CC(C)(C)C)C(C)(C)C)cc1.[Y]. The third-order valence-electron chi connectivity index (χ3n) is 19.0. The van der Waals surface area contributed by atoms with Crippen molar-refractivity contribution in [2.24, 2.45) is 45.3 Å². The Morgan fingerprint density at radius 2 is 0.832 bits per heavy atom. The minimum absolute atomic E-state index is 0. The van der Waals surface area contributed by atoms with Crippen molar-refractivity contribution in [2.45, 2.75) is 274 Å². The minimum Gasteiger partial charge on any atom is -0.391 e. The molecule has 3 aromatic heterocycles. The molecule has 16 nitrogen and oxygen atoms in total. The predicted molar refractivity (Wildman–Crippen MR) is 435 cm³/mol. The van der Waals surface area contributed by atoms with Crippen LogP contribution in [0.25, 0.3) is 31.3 Å². The third kappa shape index (κ3) is 30.7. The molecule has 0 spiro atoms. The molecule has 107 heavy (non-hydrogen) atoms. The van der Waals surface area contributed by atoms with Gasteiger partial charge in [0.05, 0.1) is 74.1 Å². The monoisotopic (exact) mass is 1600 g/mol. The summed E-state index contributed by atoms with van der Waals surface area (Å²) in [6.45, 7) is 47.5. The first-order valence-electron chi connectivity index (χ1n) is 37.4. The van der Waals surface area contributed by atoms with Gasteiger partial charge in [0.2, 0.25) is 17.7 Å². The summed E-state index contributed by atoms with van der Waals surface area (Å²) in [7, 11) is 0. The van der Waals surface area contributed by atoms with E-state index in [9.17, 15) is 48.9 Å². The summed E-state index contributed by atoms with van der Waals surface area (Å²) >= 11 is 4.84. The second kappa shape index (κ2) is 42.9. The molecule has 3 unspecified atom stereocenters. The number of aryl methyl sites for hydroxylation is 6. The van der Waals surface area contributed by atoms with E-state index < -0.39 is 47.8 Å². The second-order valence-corrected chi connectivity index (χ2v) is 37.5. The molecule has 3 fully saturated rings. The van der Waals surface area contributed by atoms with Gasteiger partial charge in [0.15, 0.2) is 17.3 Å². The standard InChI is InChI=1S/C28H40N2O3S.C26H33N2O4S.C23H30N2O3S.C5H12.C4H9.CH4.Y/c1-18-25(34-17-29-18)20-11-8-19(9-12-20)10-13-24(32)23-14-21(31)16-30(23)26(33)22(28(5,6)7)15-27(2,3)4;1-16(29)12-21(26(3,4)5)25(32)28-14-20(30)13-22(28)23(31)11-8-18-6-9-19(10-7-18)24-17(2)27-15-33-24;1-14(2)15(3)23(28)25-12-19(26)11-20(25)21(27)10-7-17-5-8-18(9-6-17)22-16(4)24-13-29-22;1-5(2,3)4;1-4(2)3;;/h8-9,11-12,17,21-23,31H,10,13-16H2,1-7H3;6,9-10,15,20-22,30H,8,11-14H2,1-5H3;5-6,8-9,13-15,19-20,26H,7,10-12H2,1-4H3;1-4H3;1-3H3;1H4;/q;-1;;;-1;;/t21-,22?,23+;20-,21?,22+;15?,19-,20+;;;;/m111..../s1. The summed E-state index contributed by atoms with van der Waals surface area (Å²) in [6, 6.07) is 24.0. The smallest absolute Gasteiger partial charge is 0.227 e. The molecule has 3 N–H and O–H groups in total. The number of aliphatic hydroxyl groups is 3. The van der Waals surface area contributed by atoms with Crippen molar-refractivity contribution >= 4 is 74.9 Å². The largest absolute Gasteiger partial charge is 0.391 e. The van der Waals surface area contributed by atoms with Crippen molar-refractivity contribution in [3.63, 3.8) is 0 Å². The van der Waals surface area contributed by atoms with E-state index in [0.29, 0.717) is 50.4 Å². The van der Waals surface area contributed by atoms with Crippen LogP contribution in [0.1, 0.15) is 231 Å². The van der Waals surface area contributed by atoms with Crippen LogP contribution in [0, 0.1) is 78.1 Å². The molecule has 3 aromatic carbocycles. The molecule has 0 saturated carbocycles. The van der Waals surface area contributed by atoms with E-state index >= 15 is 0 Å². The maximum Gasteiger partial charge on any atom is 0.227 e. The van der Waals surface area contributed by atoms with E-state index in [2.05, 4.69) is 160 Å². The van der Waals surface area contributed by atoms with E-state index in [-0.39, 0.29) is 148 Å². The Morgan fingerprint density at radius 3 is 1.12 bits per heavy atom. The predicted octanol–water partition coefficient (Wildman–Crippen LogP) is 17.9. The summed E-state index contributed by atoms with van der Waals surface area (Å²) in [5.41, 5.74) is 14.9. The number of amides is 3. The van der Waals surface area contributed by atoms with Crippen LogP contribution in [0.2, 0.25) is 0 Å². The molecule has 6 aromatic rings. The Bertz CT molecular complexity index is 3770. The molecule has 1 radical (unpaired) electrons. The number of benzene rings is 3. The average Bonchev–Trinajstić information content (AvgIpc) is 1.73. The number of carbonyl (C=O) groups excluding carboxylic acids is 7. The molecule has 20 heteroatoms. The van der Waals surface area contributed by atoms with Crippen LogP contribution in [-0.2, 0) is 85.5 Å². The first-order chi connectivity index (χ1) is 48.7. The Kier molecular flexibility index (Phi) is 38.4. The molecule has 3 aliphatic heterocycles.